The van der Waals surface area contributed by atoms with Crippen LogP contribution in [-0.2, 0) is 6.42 Å². The minimum Gasteiger partial charge on any atom is -0.322 e. The zero-order valence-electron chi connectivity index (χ0n) is 16.7. The number of rotatable bonds is 3. The molecule has 3 aromatic rings. The fourth-order valence-electron chi connectivity index (χ4n) is 3.68. The Bertz CT molecular complexity index is 1180. The van der Waals surface area contributed by atoms with Crippen LogP contribution in [0.2, 0.25) is 14.4 Å². The van der Waals surface area contributed by atoms with E-state index in [4.69, 9.17) is 34.8 Å². The molecule has 8 heteroatoms. The van der Waals surface area contributed by atoms with Gasteiger partial charge >= 0.3 is 0 Å². The van der Waals surface area contributed by atoms with Gasteiger partial charge in [-0.1, -0.05) is 34.8 Å². The van der Waals surface area contributed by atoms with E-state index in [1.165, 1.54) is 17.4 Å². The van der Waals surface area contributed by atoms with Crippen molar-refractivity contribution in [2.24, 2.45) is 0 Å². The van der Waals surface area contributed by atoms with Crippen molar-refractivity contribution in [3.8, 4) is 0 Å². The third-order valence-corrected chi connectivity index (χ3v) is 7.08. The number of anilines is 2. The van der Waals surface area contributed by atoms with Crippen LogP contribution in [0.5, 0.6) is 0 Å². The van der Waals surface area contributed by atoms with Crippen LogP contribution in [0.3, 0.4) is 0 Å². The van der Waals surface area contributed by atoms with Crippen molar-refractivity contribution < 1.29 is 9.59 Å². The second kappa shape index (κ2) is 9.21. The van der Waals surface area contributed by atoms with Crippen LogP contribution in [-0.4, -0.2) is 18.4 Å². The van der Waals surface area contributed by atoms with Gasteiger partial charge in [0.05, 0.1) is 20.6 Å². The van der Waals surface area contributed by atoms with Crippen molar-refractivity contribution in [3.63, 3.8) is 0 Å². The molecule has 1 aromatic heterocycles. The first-order chi connectivity index (χ1) is 14.8. The molecular weight excluding hydrogens is 475 g/mol. The number of benzene rings is 2. The third-order valence-electron chi connectivity index (χ3n) is 5.22. The van der Waals surface area contributed by atoms with Gasteiger partial charge in [0.1, 0.15) is 0 Å². The molecule has 4 nitrogen and oxygen atoms in total. The van der Waals surface area contributed by atoms with Gasteiger partial charge in [0, 0.05) is 27.7 Å². The van der Waals surface area contributed by atoms with Crippen molar-refractivity contribution in [1.82, 2.24) is 0 Å². The van der Waals surface area contributed by atoms with Gasteiger partial charge < -0.3 is 10.2 Å². The molecule has 31 heavy (non-hydrogen) atoms. The first-order valence-electron chi connectivity index (χ1n) is 9.80. The summed E-state index contributed by atoms with van der Waals surface area (Å²) in [5.41, 5.74) is 3.19. The quantitative estimate of drug-likeness (QED) is 0.417. The first-order valence-corrected chi connectivity index (χ1v) is 11.8. The number of aryl methyl sites for hydroxylation is 2. The molecule has 4 rings (SSSR count). The van der Waals surface area contributed by atoms with E-state index in [2.05, 4.69) is 5.32 Å². The Morgan fingerprint density at radius 1 is 1.00 bits per heavy atom. The second-order valence-corrected chi connectivity index (χ2v) is 9.99. The Morgan fingerprint density at radius 2 is 1.77 bits per heavy atom. The van der Waals surface area contributed by atoms with Crippen LogP contribution >= 0.6 is 46.1 Å². The normalized spacial score (nSPS) is 13.5. The monoisotopic (exact) mass is 492 g/mol. The smallest absolute Gasteiger partial charge is 0.258 e. The van der Waals surface area contributed by atoms with Crippen LogP contribution in [0.1, 0.15) is 44.0 Å². The molecule has 0 spiro atoms. The Morgan fingerprint density at radius 3 is 2.52 bits per heavy atom. The molecule has 0 atom stereocenters. The van der Waals surface area contributed by atoms with E-state index < -0.39 is 0 Å². The fourth-order valence-corrected chi connectivity index (χ4v) is 5.48. The summed E-state index contributed by atoms with van der Waals surface area (Å²) in [7, 11) is 0. The number of carbonyl (C=O) groups excluding carboxylic acids is 2. The van der Waals surface area contributed by atoms with E-state index in [1.807, 2.05) is 17.9 Å². The molecule has 0 saturated heterocycles. The minimum absolute atomic E-state index is 0.0614. The molecule has 0 radical (unpaired) electrons. The second-order valence-electron chi connectivity index (χ2n) is 7.38. The Hall–Kier alpha value is -2.05. The van der Waals surface area contributed by atoms with Crippen molar-refractivity contribution in [2.75, 3.05) is 16.8 Å². The number of nitrogens with one attached hydrogen (secondary N) is 1. The summed E-state index contributed by atoms with van der Waals surface area (Å²) in [6.45, 7) is 2.52. The van der Waals surface area contributed by atoms with Gasteiger partial charge in [-0.25, -0.2) is 0 Å². The highest BCUT2D eigenvalue weighted by Gasteiger charge is 2.25. The summed E-state index contributed by atoms with van der Waals surface area (Å²) in [5, 5.41) is 3.57. The maximum Gasteiger partial charge on any atom is 0.258 e. The summed E-state index contributed by atoms with van der Waals surface area (Å²) >= 11 is 19.8. The number of fused-ring (bicyclic) bond motifs is 1. The van der Waals surface area contributed by atoms with Crippen molar-refractivity contribution in [2.45, 2.75) is 26.2 Å². The maximum atomic E-state index is 13.3. The fraction of sp³-hybridized carbons (Fsp3) is 0.217. The molecule has 0 unspecified atom stereocenters. The molecule has 1 aliphatic rings. The van der Waals surface area contributed by atoms with Gasteiger partial charge in [-0.2, -0.15) is 0 Å². The first kappa shape index (κ1) is 22.2. The van der Waals surface area contributed by atoms with Gasteiger partial charge in [0.2, 0.25) is 0 Å². The molecule has 0 bridgehead atoms. The van der Waals surface area contributed by atoms with Crippen molar-refractivity contribution >= 4 is 69.3 Å². The van der Waals surface area contributed by atoms with Crippen LogP contribution in [0.25, 0.3) is 0 Å². The summed E-state index contributed by atoms with van der Waals surface area (Å²) in [5.74, 6) is -0.404. The molecule has 2 amide bonds. The Labute approximate surface area is 199 Å². The topological polar surface area (TPSA) is 49.4 Å². The number of halogens is 3. The average Bonchev–Trinajstić information content (AvgIpc) is 2.96. The standard InChI is InChI=1S/C23H19Cl3N2O2S/c1-13-10-15(27-22(29)17-7-5-14(24)11-18(17)25)6-8-16(13)23(30)28-9-3-2-4-20-19(28)12-21(26)31-20/h5-8,10-12H,2-4,9H2,1H3,(H,27,29). The van der Waals surface area contributed by atoms with Crippen LogP contribution < -0.4 is 10.2 Å². The molecule has 0 saturated carbocycles. The van der Waals surface area contributed by atoms with Crippen molar-refractivity contribution in [1.29, 1.82) is 0 Å². The summed E-state index contributed by atoms with van der Waals surface area (Å²) < 4.78 is 0.695. The van der Waals surface area contributed by atoms with Crippen LogP contribution in [0, 0.1) is 6.92 Å². The van der Waals surface area contributed by atoms with E-state index in [0.717, 1.165) is 35.4 Å². The van der Waals surface area contributed by atoms with Crippen molar-refractivity contribution in [3.05, 3.63) is 78.4 Å². The van der Waals surface area contributed by atoms with Gasteiger partial charge in [-0.15, -0.1) is 11.3 Å². The van der Waals surface area contributed by atoms with Gasteiger partial charge in [0.25, 0.3) is 11.8 Å². The van der Waals surface area contributed by atoms with E-state index in [0.29, 0.717) is 32.7 Å². The SMILES string of the molecule is Cc1cc(NC(=O)c2ccc(Cl)cc2Cl)ccc1C(=O)N1CCCCc2sc(Cl)cc21. The predicted molar refractivity (Wildman–Crippen MR) is 130 cm³/mol. The predicted octanol–water partition coefficient (Wildman–Crippen LogP) is 7.25. The van der Waals surface area contributed by atoms with E-state index in [9.17, 15) is 9.59 Å². The number of hydrogen-bond acceptors (Lipinski definition) is 3. The van der Waals surface area contributed by atoms with Crippen LogP contribution in [0.4, 0.5) is 11.4 Å². The molecule has 1 N–H and O–H groups in total. The number of amides is 2. The number of hydrogen-bond donors (Lipinski definition) is 1. The van der Waals surface area contributed by atoms with E-state index >= 15 is 0 Å². The lowest BCUT2D eigenvalue weighted by Gasteiger charge is -2.22. The highest BCUT2D eigenvalue weighted by Crippen LogP contribution is 2.37. The highest BCUT2D eigenvalue weighted by molar-refractivity contribution is 7.16. The number of thiophene rings is 1. The lowest BCUT2D eigenvalue weighted by Crippen LogP contribution is -2.32. The van der Waals surface area contributed by atoms with Gasteiger partial charge in [0.15, 0.2) is 0 Å². The summed E-state index contributed by atoms with van der Waals surface area (Å²) in [6, 6.07) is 11.8. The minimum atomic E-state index is -0.342. The Balaban J connectivity index is 1.56. The number of carbonyl (C=O) groups is 2. The molecule has 0 aliphatic carbocycles. The lowest BCUT2D eigenvalue weighted by atomic mass is 10.1. The largest absolute Gasteiger partial charge is 0.322 e. The zero-order chi connectivity index (χ0) is 22.1. The molecule has 0 fully saturated rings. The molecule has 1 aliphatic heterocycles. The van der Waals surface area contributed by atoms with Crippen LogP contribution in [0.15, 0.2) is 42.5 Å². The molecule has 2 aromatic carbocycles. The summed E-state index contributed by atoms with van der Waals surface area (Å²) in [6.07, 6.45) is 2.92. The van der Waals surface area contributed by atoms with Gasteiger partial charge in [-0.05, 0) is 74.2 Å². The zero-order valence-corrected chi connectivity index (χ0v) is 19.8. The van der Waals surface area contributed by atoms with E-state index in [-0.39, 0.29) is 16.8 Å². The number of nitrogens with zero attached hydrogens (tertiary/aromatic N) is 1. The lowest BCUT2D eigenvalue weighted by molar-refractivity contribution is 0.0985. The van der Waals surface area contributed by atoms with Gasteiger partial charge in [-0.3, -0.25) is 9.59 Å². The summed E-state index contributed by atoms with van der Waals surface area (Å²) in [4.78, 5) is 28.9. The molecule has 160 valence electrons. The van der Waals surface area contributed by atoms with E-state index in [1.54, 1.807) is 30.3 Å². The average molecular weight is 494 g/mol. The maximum absolute atomic E-state index is 13.3. The molecule has 2 heterocycles. The Kier molecular flexibility index (Phi) is 6.58. The third kappa shape index (κ3) is 4.75. The molecular formula is C23H19Cl3N2O2S. The highest BCUT2D eigenvalue weighted by atomic mass is 35.5.